The van der Waals surface area contributed by atoms with Crippen LogP contribution in [0.5, 0.6) is 0 Å². The number of halogens is 1. The lowest BCUT2D eigenvalue weighted by Gasteiger charge is -2.01. The van der Waals surface area contributed by atoms with E-state index in [1.807, 2.05) is 0 Å². The molecule has 16 heavy (non-hydrogen) atoms. The monoisotopic (exact) mass is 316 g/mol. The van der Waals surface area contributed by atoms with Crippen LogP contribution in [0.2, 0.25) is 0 Å². The Balaban J connectivity index is 1.86. The van der Waals surface area contributed by atoms with Gasteiger partial charge in [-0.05, 0) is 46.8 Å². The predicted molar refractivity (Wildman–Crippen MR) is 74.2 cm³/mol. The Bertz CT molecular complexity index is 476. The number of thiazole rings is 1. The van der Waals surface area contributed by atoms with E-state index >= 15 is 0 Å². The van der Waals surface area contributed by atoms with Gasteiger partial charge in [-0.2, -0.15) is 0 Å². The van der Waals surface area contributed by atoms with Crippen LogP contribution in [0.3, 0.4) is 0 Å². The summed E-state index contributed by atoms with van der Waals surface area (Å²) in [5, 5.41) is 6.76. The van der Waals surface area contributed by atoms with Crippen molar-refractivity contribution in [1.29, 1.82) is 0 Å². The first-order valence-corrected chi connectivity index (χ1v) is 7.50. The van der Waals surface area contributed by atoms with Crippen molar-refractivity contribution < 1.29 is 0 Å². The second-order valence-corrected chi connectivity index (χ2v) is 7.18. The molecule has 0 aliphatic carbocycles. The van der Waals surface area contributed by atoms with E-state index in [1.165, 1.54) is 14.2 Å². The van der Waals surface area contributed by atoms with Gasteiger partial charge >= 0.3 is 0 Å². The van der Waals surface area contributed by atoms with Crippen molar-refractivity contribution in [1.82, 2.24) is 10.3 Å². The molecule has 0 amide bonds. The normalized spacial score (nSPS) is 10.9. The molecule has 0 bridgehead atoms. The van der Waals surface area contributed by atoms with Crippen molar-refractivity contribution in [2.45, 2.75) is 26.9 Å². The van der Waals surface area contributed by atoms with Crippen LogP contribution in [0.4, 0.5) is 0 Å². The smallest absolute Gasteiger partial charge is 0.0900 e. The average molecular weight is 317 g/mol. The van der Waals surface area contributed by atoms with E-state index in [1.54, 1.807) is 22.7 Å². The highest BCUT2D eigenvalue weighted by Crippen LogP contribution is 2.21. The zero-order chi connectivity index (χ0) is 11.5. The molecule has 86 valence electrons. The lowest BCUT2D eigenvalue weighted by molar-refractivity contribution is 0.698. The third-order valence-electron chi connectivity index (χ3n) is 2.24. The van der Waals surface area contributed by atoms with Gasteiger partial charge in [-0.1, -0.05) is 0 Å². The SMILES string of the molecule is Cc1nc(C)c(CNCc2csc(Br)c2)s1. The summed E-state index contributed by atoms with van der Waals surface area (Å²) in [6.07, 6.45) is 0. The highest BCUT2D eigenvalue weighted by atomic mass is 79.9. The average Bonchev–Trinajstić information content (AvgIpc) is 2.74. The first kappa shape index (κ1) is 12.2. The van der Waals surface area contributed by atoms with Crippen LogP contribution in [0.25, 0.3) is 0 Å². The largest absolute Gasteiger partial charge is 0.308 e. The van der Waals surface area contributed by atoms with Crippen LogP contribution in [-0.2, 0) is 13.1 Å². The second kappa shape index (κ2) is 5.40. The summed E-state index contributed by atoms with van der Waals surface area (Å²) >= 11 is 6.97. The Labute approximate surface area is 112 Å². The van der Waals surface area contributed by atoms with E-state index in [4.69, 9.17) is 0 Å². The zero-order valence-corrected chi connectivity index (χ0v) is 12.4. The highest BCUT2D eigenvalue weighted by molar-refractivity contribution is 9.11. The maximum absolute atomic E-state index is 4.41. The van der Waals surface area contributed by atoms with Gasteiger partial charge in [0.15, 0.2) is 0 Å². The minimum Gasteiger partial charge on any atom is -0.308 e. The summed E-state index contributed by atoms with van der Waals surface area (Å²) < 4.78 is 1.19. The maximum Gasteiger partial charge on any atom is 0.0900 e. The van der Waals surface area contributed by atoms with Gasteiger partial charge in [0.2, 0.25) is 0 Å². The molecule has 5 heteroatoms. The molecule has 0 aliphatic heterocycles. The van der Waals surface area contributed by atoms with Gasteiger partial charge in [0.1, 0.15) is 0 Å². The molecule has 0 radical (unpaired) electrons. The molecule has 0 unspecified atom stereocenters. The van der Waals surface area contributed by atoms with Crippen molar-refractivity contribution in [2.24, 2.45) is 0 Å². The fourth-order valence-corrected chi connectivity index (χ4v) is 3.61. The summed E-state index contributed by atoms with van der Waals surface area (Å²) in [6, 6.07) is 2.16. The summed E-state index contributed by atoms with van der Waals surface area (Å²) in [6.45, 7) is 5.95. The topological polar surface area (TPSA) is 24.9 Å². The zero-order valence-electron chi connectivity index (χ0n) is 9.21. The van der Waals surface area contributed by atoms with Gasteiger partial charge in [-0.15, -0.1) is 22.7 Å². The van der Waals surface area contributed by atoms with Crippen molar-refractivity contribution in [3.05, 3.63) is 36.4 Å². The molecule has 0 saturated carbocycles. The van der Waals surface area contributed by atoms with E-state index < -0.39 is 0 Å². The fourth-order valence-electron chi connectivity index (χ4n) is 1.50. The van der Waals surface area contributed by atoms with Gasteiger partial charge in [0.05, 0.1) is 14.5 Å². The van der Waals surface area contributed by atoms with Crippen LogP contribution < -0.4 is 5.32 Å². The van der Waals surface area contributed by atoms with Crippen molar-refractivity contribution in [3.8, 4) is 0 Å². The summed E-state index contributed by atoms with van der Waals surface area (Å²) in [4.78, 5) is 5.75. The van der Waals surface area contributed by atoms with Crippen LogP contribution in [0, 0.1) is 13.8 Å². The number of aryl methyl sites for hydroxylation is 2. The molecule has 2 heterocycles. The number of nitrogens with zero attached hydrogens (tertiary/aromatic N) is 1. The van der Waals surface area contributed by atoms with Crippen molar-refractivity contribution in [2.75, 3.05) is 0 Å². The lowest BCUT2D eigenvalue weighted by atomic mass is 10.3. The third kappa shape index (κ3) is 3.13. The number of hydrogen-bond acceptors (Lipinski definition) is 4. The molecule has 0 atom stereocenters. The van der Waals surface area contributed by atoms with Crippen LogP contribution >= 0.6 is 38.6 Å². The molecule has 0 fully saturated rings. The first-order chi connectivity index (χ1) is 7.65. The van der Waals surface area contributed by atoms with Crippen molar-refractivity contribution in [3.63, 3.8) is 0 Å². The Kier molecular flexibility index (Phi) is 4.13. The van der Waals surface area contributed by atoms with E-state index in [0.717, 1.165) is 23.8 Å². The van der Waals surface area contributed by atoms with Crippen LogP contribution in [-0.4, -0.2) is 4.98 Å². The number of aromatic nitrogens is 1. The molecule has 0 spiro atoms. The number of hydrogen-bond donors (Lipinski definition) is 1. The molecule has 2 aromatic heterocycles. The molecule has 0 aliphatic rings. The second-order valence-electron chi connectivity index (χ2n) is 3.60. The lowest BCUT2D eigenvalue weighted by Crippen LogP contribution is -2.11. The standard InChI is InChI=1S/C11H13BrN2S2/c1-7-10(16-8(2)14-7)5-13-4-9-3-11(12)15-6-9/h3,6,13H,4-5H2,1-2H3. The number of thiophene rings is 1. The number of rotatable bonds is 4. The summed E-state index contributed by atoms with van der Waals surface area (Å²) in [7, 11) is 0. The van der Waals surface area contributed by atoms with E-state index in [2.05, 4.69) is 51.5 Å². The molecule has 2 rings (SSSR count). The van der Waals surface area contributed by atoms with Gasteiger partial charge in [-0.3, -0.25) is 0 Å². The minimum absolute atomic E-state index is 0.908. The molecule has 2 aromatic rings. The minimum atomic E-state index is 0.908. The molecular formula is C11H13BrN2S2. The van der Waals surface area contributed by atoms with E-state index in [9.17, 15) is 0 Å². The number of nitrogens with one attached hydrogen (secondary N) is 1. The Hall–Kier alpha value is -0.230. The van der Waals surface area contributed by atoms with Crippen LogP contribution in [0.15, 0.2) is 15.2 Å². The first-order valence-electron chi connectivity index (χ1n) is 5.01. The third-order valence-corrected chi connectivity index (χ3v) is 4.86. The quantitative estimate of drug-likeness (QED) is 0.926. The fraction of sp³-hybridized carbons (Fsp3) is 0.364. The molecule has 2 nitrogen and oxygen atoms in total. The Morgan fingerprint density at radius 2 is 2.19 bits per heavy atom. The van der Waals surface area contributed by atoms with E-state index in [0.29, 0.717) is 0 Å². The Morgan fingerprint density at radius 1 is 1.38 bits per heavy atom. The summed E-state index contributed by atoms with van der Waals surface area (Å²) in [5.41, 5.74) is 2.48. The van der Waals surface area contributed by atoms with Gasteiger partial charge < -0.3 is 5.32 Å². The Morgan fingerprint density at radius 3 is 2.75 bits per heavy atom. The molecule has 0 aromatic carbocycles. The molecule has 1 N–H and O–H groups in total. The molecular weight excluding hydrogens is 304 g/mol. The van der Waals surface area contributed by atoms with Gasteiger partial charge in [-0.25, -0.2) is 4.98 Å². The van der Waals surface area contributed by atoms with Crippen molar-refractivity contribution >= 4 is 38.6 Å². The maximum atomic E-state index is 4.41. The summed E-state index contributed by atoms with van der Waals surface area (Å²) in [5.74, 6) is 0. The van der Waals surface area contributed by atoms with Crippen LogP contribution in [0.1, 0.15) is 21.1 Å². The highest BCUT2D eigenvalue weighted by Gasteiger charge is 2.04. The van der Waals surface area contributed by atoms with Gasteiger partial charge in [0.25, 0.3) is 0 Å². The molecule has 0 saturated heterocycles. The van der Waals surface area contributed by atoms with Gasteiger partial charge in [0, 0.05) is 18.0 Å². The van der Waals surface area contributed by atoms with E-state index in [-0.39, 0.29) is 0 Å². The predicted octanol–water partition coefficient (Wildman–Crippen LogP) is 3.87.